The lowest BCUT2D eigenvalue weighted by Gasteiger charge is -2.32. The zero-order chi connectivity index (χ0) is 18.2. The largest absolute Gasteiger partial charge is 0.508 e. The van der Waals surface area contributed by atoms with Crippen LogP contribution in [-0.2, 0) is 22.6 Å². The minimum Gasteiger partial charge on any atom is -0.508 e. The molecule has 1 saturated heterocycles. The van der Waals surface area contributed by atoms with E-state index in [4.69, 9.17) is 9.47 Å². The molecule has 6 heteroatoms. The molecule has 138 valence electrons. The molecule has 1 fully saturated rings. The molecule has 1 amide bonds. The SMILES string of the molecule is O=C(OCc1ccccc1)N1CCOC(CNCc2ccccc2O)C1. The monoisotopic (exact) mass is 356 g/mol. The van der Waals surface area contributed by atoms with E-state index in [1.54, 1.807) is 17.0 Å². The predicted octanol–water partition coefficient (Wildman–Crippen LogP) is 2.52. The van der Waals surface area contributed by atoms with Gasteiger partial charge in [-0.05, 0) is 11.6 Å². The molecule has 1 unspecified atom stereocenters. The molecule has 0 radical (unpaired) electrons. The molecule has 2 aromatic carbocycles. The lowest BCUT2D eigenvalue weighted by Crippen LogP contribution is -2.49. The Morgan fingerprint density at radius 2 is 1.96 bits per heavy atom. The summed E-state index contributed by atoms with van der Waals surface area (Å²) in [5.41, 5.74) is 1.80. The quantitative estimate of drug-likeness (QED) is 0.832. The standard InChI is InChI=1S/C20H24N2O4/c23-19-9-5-4-8-17(19)12-21-13-18-14-22(10-11-25-18)20(24)26-15-16-6-2-1-3-7-16/h1-9,18,21,23H,10-15H2. The Kier molecular flexibility index (Phi) is 6.46. The van der Waals surface area contributed by atoms with Gasteiger partial charge in [-0.15, -0.1) is 0 Å². The van der Waals surface area contributed by atoms with Crippen LogP contribution in [0.5, 0.6) is 5.75 Å². The van der Waals surface area contributed by atoms with Crippen molar-refractivity contribution in [1.82, 2.24) is 10.2 Å². The van der Waals surface area contributed by atoms with Crippen LogP contribution in [0.4, 0.5) is 4.79 Å². The van der Waals surface area contributed by atoms with Gasteiger partial charge in [0.15, 0.2) is 0 Å². The number of carbonyl (C=O) groups excluding carboxylic acids is 1. The molecule has 0 aliphatic carbocycles. The number of rotatable bonds is 6. The Morgan fingerprint density at radius 3 is 2.77 bits per heavy atom. The zero-order valence-electron chi connectivity index (χ0n) is 14.6. The Labute approximate surface area is 153 Å². The van der Waals surface area contributed by atoms with Crippen LogP contribution in [0.15, 0.2) is 54.6 Å². The van der Waals surface area contributed by atoms with Crippen LogP contribution in [0.3, 0.4) is 0 Å². The van der Waals surface area contributed by atoms with E-state index in [9.17, 15) is 9.90 Å². The highest BCUT2D eigenvalue weighted by Crippen LogP contribution is 2.15. The Morgan fingerprint density at radius 1 is 1.19 bits per heavy atom. The number of morpholine rings is 1. The van der Waals surface area contributed by atoms with Crippen molar-refractivity contribution in [3.8, 4) is 5.75 Å². The molecule has 6 nitrogen and oxygen atoms in total. The average Bonchev–Trinajstić information content (AvgIpc) is 2.69. The van der Waals surface area contributed by atoms with Gasteiger partial charge in [0.1, 0.15) is 12.4 Å². The molecule has 0 bridgehead atoms. The molecule has 2 aromatic rings. The maximum absolute atomic E-state index is 12.3. The highest BCUT2D eigenvalue weighted by atomic mass is 16.6. The Balaban J connectivity index is 1.42. The summed E-state index contributed by atoms with van der Waals surface area (Å²) in [6.07, 6.45) is -0.415. The second-order valence-electron chi connectivity index (χ2n) is 6.24. The van der Waals surface area contributed by atoms with Crippen LogP contribution in [-0.4, -0.2) is 48.4 Å². The molecular weight excluding hydrogens is 332 g/mol. The fraction of sp³-hybridized carbons (Fsp3) is 0.350. The summed E-state index contributed by atoms with van der Waals surface area (Å²) in [5.74, 6) is 0.274. The number of aromatic hydroxyl groups is 1. The van der Waals surface area contributed by atoms with Crippen LogP contribution in [0.1, 0.15) is 11.1 Å². The smallest absolute Gasteiger partial charge is 0.410 e. The third kappa shape index (κ3) is 5.21. The van der Waals surface area contributed by atoms with E-state index < -0.39 is 0 Å². The van der Waals surface area contributed by atoms with Crippen LogP contribution in [0, 0.1) is 0 Å². The first-order valence-electron chi connectivity index (χ1n) is 8.77. The Hall–Kier alpha value is -2.57. The van der Waals surface area contributed by atoms with Gasteiger partial charge in [-0.3, -0.25) is 0 Å². The number of carbonyl (C=O) groups is 1. The molecule has 1 atom stereocenters. The first-order chi connectivity index (χ1) is 12.7. The predicted molar refractivity (Wildman–Crippen MR) is 97.8 cm³/mol. The number of para-hydroxylation sites is 1. The van der Waals surface area contributed by atoms with Crippen LogP contribution in [0.2, 0.25) is 0 Å². The number of hydrogen-bond donors (Lipinski definition) is 2. The maximum atomic E-state index is 12.3. The maximum Gasteiger partial charge on any atom is 0.410 e. The summed E-state index contributed by atoms with van der Waals surface area (Å²) in [6.45, 7) is 2.92. The van der Waals surface area contributed by atoms with Crippen molar-refractivity contribution in [1.29, 1.82) is 0 Å². The van der Waals surface area contributed by atoms with Crippen molar-refractivity contribution in [2.24, 2.45) is 0 Å². The lowest BCUT2D eigenvalue weighted by atomic mass is 10.2. The third-order valence-corrected chi connectivity index (χ3v) is 4.28. The van der Waals surface area contributed by atoms with Crippen LogP contribution >= 0.6 is 0 Å². The van der Waals surface area contributed by atoms with Gasteiger partial charge in [-0.1, -0.05) is 48.5 Å². The summed E-state index contributed by atoms with van der Waals surface area (Å²) in [5, 5.41) is 13.0. The summed E-state index contributed by atoms with van der Waals surface area (Å²) in [7, 11) is 0. The fourth-order valence-corrected chi connectivity index (χ4v) is 2.85. The van der Waals surface area contributed by atoms with Crippen molar-refractivity contribution in [3.05, 3.63) is 65.7 Å². The number of nitrogens with zero attached hydrogens (tertiary/aromatic N) is 1. The lowest BCUT2D eigenvalue weighted by molar-refractivity contribution is -0.0271. The van der Waals surface area contributed by atoms with Crippen LogP contribution < -0.4 is 5.32 Å². The molecule has 3 rings (SSSR count). The first-order valence-corrected chi connectivity index (χ1v) is 8.77. The Bertz CT molecular complexity index is 708. The number of nitrogens with one attached hydrogen (secondary N) is 1. The summed E-state index contributed by atoms with van der Waals surface area (Å²) in [6, 6.07) is 16.8. The number of phenolic OH excluding ortho intramolecular Hbond substituents is 1. The van der Waals surface area contributed by atoms with E-state index >= 15 is 0 Å². The van der Waals surface area contributed by atoms with Gasteiger partial charge >= 0.3 is 6.09 Å². The van der Waals surface area contributed by atoms with Crippen molar-refractivity contribution >= 4 is 6.09 Å². The second kappa shape index (κ2) is 9.22. The number of hydrogen-bond acceptors (Lipinski definition) is 5. The van der Waals surface area contributed by atoms with Gasteiger partial charge in [-0.2, -0.15) is 0 Å². The average molecular weight is 356 g/mol. The van der Waals surface area contributed by atoms with E-state index in [-0.39, 0.29) is 24.6 Å². The number of benzene rings is 2. The molecule has 1 aliphatic heterocycles. The minimum atomic E-state index is -0.317. The summed E-state index contributed by atoms with van der Waals surface area (Å²) in [4.78, 5) is 13.9. The topological polar surface area (TPSA) is 71.0 Å². The van der Waals surface area contributed by atoms with Crippen molar-refractivity contribution in [2.75, 3.05) is 26.2 Å². The van der Waals surface area contributed by atoms with Gasteiger partial charge in [0, 0.05) is 25.2 Å². The number of amides is 1. The molecule has 1 heterocycles. The molecule has 1 aliphatic rings. The summed E-state index contributed by atoms with van der Waals surface area (Å²) >= 11 is 0. The number of phenols is 1. The van der Waals surface area contributed by atoms with Crippen molar-refractivity contribution in [2.45, 2.75) is 19.3 Å². The van der Waals surface area contributed by atoms with E-state index in [0.29, 0.717) is 32.8 Å². The second-order valence-corrected chi connectivity index (χ2v) is 6.24. The normalized spacial score (nSPS) is 17.1. The minimum absolute atomic E-state index is 0.0983. The van der Waals surface area contributed by atoms with Crippen LogP contribution in [0.25, 0.3) is 0 Å². The van der Waals surface area contributed by atoms with Gasteiger partial charge in [0.25, 0.3) is 0 Å². The van der Waals surface area contributed by atoms with Crippen molar-refractivity contribution in [3.63, 3.8) is 0 Å². The fourth-order valence-electron chi connectivity index (χ4n) is 2.85. The third-order valence-electron chi connectivity index (χ3n) is 4.28. The van der Waals surface area contributed by atoms with Crippen molar-refractivity contribution < 1.29 is 19.4 Å². The van der Waals surface area contributed by atoms with Gasteiger partial charge in [0.2, 0.25) is 0 Å². The molecule has 0 saturated carbocycles. The van der Waals surface area contributed by atoms with Gasteiger partial charge in [0.05, 0.1) is 19.3 Å². The molecule has 2 N–H and O–H groups in total. The molecule has 0 aromatic heterocycles. The number of ether oxygens (including phenoxy) is 2. The molecular formula is C20H24N2O4. The van der Waals surface area contributed by atoms with E-state index in [2.05, 4.69) is 5.32 Å². The van der Waals surface area contributed by atoms with Gasteiger partial charge < -0.3 is 24.8 Å². The molecule has 0 spiro atoms. The van der Waals surface area contributed by atoms with E-state index in [1.165, 1.54) is 0 Å². The molecule has 26 heavy (non-hydrogen) atoms. The highest BCUT2D eigenvalue weighted by Gasteiger charge is 2.25. The van der Waals surface area contributed by atoms with E-state index in [0.717, 1.165) is 11.1 Å². The first kappa shape index (κ1) is 18.2. The van der Waals surface area contributed by atoms with Gasteiger partial charge in [-0.25, -0.2) is 4.79 Å². The zero-order valence-corrected chi connectivity index (χ0v) is 14.6. The summed E-state index contributed by atoms with van der Waals surface area (Å²) < 4.78 is 11.1. The highest BCUT2D eigenvalue weighted by molar-refractivity contribution is 5.67. The van der Waals surface area contributed by atoms with E-state index in [1.807, 2.05) is 42.5 Å².